The van der Waals surface area contributed by atoms with E-state index >= 15 is 0 Å². The summed E-state index contributed by atoms with van der Waals surface area (Å²) < 4.78 is 1.65. The van der Waals surface area contributed by atoms with Crippen LogP contribution in [0.25, 0.3) is 16.6 Å². The van der Waals surface area contributed by atoms with Crippen molar-refractivity contribution in [3.63, 3.8) is 0 Å². The molecular weight excluding hydrogens is 310 g/mol. The summed E-state index contributed by atoms with van der Waals surface area (Å²) in [6.45, 7) is 2.06. The fourth-order valence-corrected chi connectivity index (χ4v) is 2.95. The highest BCUT2D eigenvalue weighted by Gasteiger charge is 2.18. The minimum absolute atomic E-state index is 0.0220. The minimum atomic E-state index is -0.0819. The number of hydrogen-bond acceptors (Lipinski definition) is 3. The number of halogens is 1. The first kappa shape index (κ1) is 15.7. The molecule has 3 rings (SSSR count). The molecule has 0 aliphatic carbocycles. The lowest BCUT2D eigenvalue weighted by atomic mass is 10.1. The summed E-state index contributed by atoms with van der Waals surface area (Å²) in [6.07, 6.45) is 0.821. The Labute approximate surface area is 139 Å². The summed E-state index contributed by atoms with van der Waals surface area (Å²) in [5, 5.41) is 4.42. The van der Waals surface area contributed by atoms with Gasteiger partial charge in [0.15, 0.2) is 0 Å². The Balaban J connectivity index is 2.39. The Bertz CT molecular complexity index is 900. The van der Waals surface area contributed by atoms with E-state index in [0.29, 0.717) is 21.7 Å². The Kier molecular flexibility index (Phi) is 4.46. The smallest absolute Gasteiger partial charge is 0.266 e. The van der Waals surface area contributed by atoms with Crippen molar-refractivity contribution in [2.75, 3.05) is 7.05 Å². The molecule has 0 aliphatic rings. The molecule has 0 unspecified atom stereocenters. The molecule has 0 spiro atoms. The second-order valence-corrected chi connectivity index (χ2v) is 5.79. The van der Waals surface area contributed by atoms with Gasteiger partial charge in [-0.2, -0.15) is 0 Å². The molecule has 1 heterocycles. The zero-order valence-corrected chi connectivity index (χ0v) is 13.8. The average Bonchev–Trinajstić information content (AvgIpc) is 2.56. The maximum Gasteiger partial charge on any atom is 0.266 e. The first-order valence-corrected chi connectivity index (χ1v) is 7.98. The number of benzene rings is 2. The quantitative estimate of drug-likeness (QED) is 0.794. The van der Waals surface area contributed by atoms with Gasteiger partial charge >= 0.3 is 0 Å². The summed E-state index contributed by atoms with van der Waals surface area (Å²) >= 11 is 6.11. The van der Waals surface area contributed by atoms with Gasteiger partial charge in [0.2, 0.25) is 0 Å². The lowest BCUT2D eigenvalue weighted by Gasteiger charge is -2.20. The van der Waals surface area contributed by atoms with Crippen molar-refractivity contribution in [2.24, 2.45) is 0 Å². The highest BCUT2D eigenvalue weighted by atomic mass is 35.5. The van der Waals surface area contributed by atoms with E-state index in [1.807, 2.05) is 37.4 Å². The first-order valence-electron chi connectivity index (χ1n) is 7.60. The highest BCUT2D eigenvalue weighted by molar-refractivity contribution is 6.30. The van der Waals surface area contributed by atoms with E-state index in [0.717, 1.165) is 12.1 Å². The Hall–Kier alpha value is -2.17. The normalized spacial score (nSPS) is 12.5. The molecule has 0 aliphatic heterocycles. The molecule has 0 bridgehead atoms. The summed E-state index contributed by atoms with van der Waals surface area (Å²) in [5.41, 5.74) is 1.35. The maximum absolute atomic E-state index is 13.0. The predicted octanol–water partition coefficient (Wildman–Crippen LogP) is 3.71. The SMILES string of the molecule is CC[C@@H](NC)c1nc2ccccc2c(=O)n1-c1cccc(Cl)c1. The Morgan fingerprint density at radius 2 is 2.00 bits per heavy atom. The molecule has 1 aromatic heterocycles. The average molecular weight is 328 g/mol. The monoisotopic (exact) mass is 327 g/mol. The van der Waals surface area contributed by atoms with Crippen LogP contribution < -0.4 is 10.9 Å². The molecule has 0 saturated heterocycles. The van der Waals surface area contributed by atoms with Gasteiger partial charge in [-0.1, -0.05) is 36.7 Å². The van der Waals surface area contributed by atoms with Gasteiger partial charge in [0.25, 0.3) is 5.56 Å². The van der Waals surface area contributed by atoms with Gasteiger partial charge in [-0.3, -0.25) is 9.36 Å². The minimum Gasteiger partial charge on any atom is -0.310 e. The van der Waals surface area contributed by atoms with E-state index in [-0.39, 0.29) is 11.6 Å². The van der Waals surface area contributed by atoms with Crippen molar-refractivity contribution in [1.29, 1.82) is 0 Å². The van der Waals surface area contributed by atoms with Crippen molar-refractivity contribution in [1.82, 2.24) is 14.9 Å². The topological polar surface area (TPSA) is 46.9 Å². The van der Waals surface area contributed by atoms with Crippen LogP contribution in [0, 0.1) is 0 Å². The molecule has 23 heavy (non-hydrogen) atoms. The predicted molar refractivity (Wildman–Crippen MR) is 94.4 cm³/mol. The molecular formula is C18H18ClN3O. The van der Waals surface area contributed by atoms with Crippen molar-refractivity contribution < 1.29 is 0 Å². The lowest BCUT2D eigenvalue weighted by Crippen LogP contribution is -2.29. The molecule has 118 valence electrons. The molecule has 3 aromatic rings. The van der Waals surface area contributed by atoms with Gasteiger partial charge in [0, 0.05) is 5.02 Å². The van der Waals surface area contributed by atoms with Crippen LogP contribution in [0.2, 0.25) is 5.02 Å². The van der Waals surface area contributed by atoms with Crippen molar-refractivity contribution in [2.45, 2.75) is 19.4 Å². The number of nitrogens with one attached hydrogen (secondary N) is 1. The molecule has 4 nitrogen and oxygen atoms in total. The van der Waals surface area contributed by atoms with Gasteiger partial charge in [0.1, 0.15) is 5.82 Å². The van der Waals surface area contributed by atoms with E-state index in [9.17, 15) is 4.79 Å². The standard InChI is InChI=1S/C18H18ClN3O/c1-3-15(20-2)17-21-16-10-5-4-9-14(16)18(23)22(17)13-8-6-7-12(19)11-13/h4-11,15,20H,3H2,1-2H3/t15-/m1/s1. The zero-order valence-electron chi connectivity index (χ0n) is 13.1. The van der Waals surface area contributed by atoms with Crippen molar-refractivity contribution in [3.05, 3.63) is 69.7 Å². The number of hydrogen-bond donors (Lipinski definition) is 1. The number of nitrogens with zero attached hydrogens (tertiary/aromatic N) is 2. The molecule has 2 aromatic carbocycles. The van der Waals surface area contributed by atoms with Gasteiger partial charge in [-0.05, 0) is 43.8 Å². The first-order chi connectivity index (χ1) is 11.2. The summed E-state index contributed by atoms with van der Waals surface area (Å²) in [7, 11) is 1.87. The van der Waals surface area contributed by atoms with E-state index in [1.54, 1.807) is 22.8 Å². The van der Waals surface area contributed by atoms with E-state index in [4.69, 9.17) is 16.6 Å². The molecule has 1 N–H and O–H groups in total. The summed E-state index contributed by atoms with van der Waals surface area (Å²) in [4.78, 5) is 17.8. The van der Waals surface area contributed by atoms with E-state index in [2.05, 4.69) is 12.2 Å². The number of para-hydroxylation sites is 1. The third kappa shape index (κ3) is 2.87. The molecule has 0 amide bonds. The molecule has 0 saturated carbocycles. The van der Waals surface area contributed by atoms with Crippen molar-refractivity contribution in [3.8, 4) is 5.69 Å². The molecule has 5 heteroatoms. The maximum atomic E-state index is 13.0. The number of rotatable bonds is 4. The van der Waals surface area contributed by atoms with Crippen molar-refractivity contribution >= 4 is 22.5 Å². The molecule has 0 radical (unpaired) electrons. The van der Waals surface area contributed by atoms with Crippen LogP contribution in [0.1, 0.15) is 25.2 Å². The Morgan fingerprint density at radius 1 is 1.22 bits per heavy atom. The largest absolute Gasteiger partial charge is 0.310 e. The van der Waals surface area contributed by atoms with Gasteiger partial charge in [-0.25, -0.2) is 4.98 Å². The summed E-state index contributed by atoms with van der Waals surface area (Å²) in [6, 6.07) is 14.7. The van der Waals surface area contributed by atoms with Crippen LogP contribution >= 0.6 is 11.6 Å². The van der Waals surface area contributed by atoms with Crippen LogP contribution in [0.15, 0.2) is 53.3 Å². The van der Waals surface area contributed by atoms with Crippen LogP contribution in [0.4, 0.5) is 0 Å². The van der Waals surface area contributed by atoms with E-state index < -0.39 is 0 Å². The van der Waals surface area contributed by atoms with Gasteiger partial charge in [0.05, 0.1) is 22.6 Å². The van der Waals surface area contributed by atoms with Crippen LogP contribution in [0.5, 0.6) is 0 Å². The third-order valence-corrected chi connectivity index (χ3v) is 4.17. The van der Waals surface area contributed by atoms with Crippen LogP contribution in [-0.4, -0.2) is 16.6 Å². The summed E-state index contributed by atoms with van der Waals surface area (Å²) in [5.74, 6) is 0.695. The second kappa shape index (κ2) is 6.52. The third-order valence-electron chi connectivity index (χ3n) is 3.94. The molecule has 1 atom stereocenters. The van der Waals surface area contributed by atoms with Gasteiger partial charge < -0.3 is 5.32 Å². The van der Waals surface area contributed by atoms with Gasteiger partial charge in [-0.15, -0.1) is 0 Å². The van der Waals surface area contributed by atoms with E-state index in [1.165, 1.54) is 0 Å². The zero-order chi connectivity index (χ0) is 16.4. The Morgan fingerprint density at radius 3 is 2.70 bits per heavy atom. The van der Waals surface area contributed by atoms with Crippen LogP contribution in [-0.2, 0) is 0 Å². The fourth-order valence-electron chi connectivity index (χ4n) is 2.76. The fraction of sp³-hybridized carbons (Fsp3) is 0.222. The highest BCUT2D eigenvalue weighted by Crippen LogP contribution is 2.21. The number of aromatic nitrogens is 2. The molecule has 0 fully saturated rings. The second-order valence-electron chi connectivity index (χ2n) is 5.36. The number of fused-ring (bicyclic) bond motifs is 1. The van der Waals surface area contributed by atoms with Crippen LogP contribution in [0.3, 0.4) is 0 Å². The lowest BCUT2D eigenvalue weighted by molar-refractivity contribution is 0.529.